The number of carbonyl (C=O) groups excluding carboxylic acids is 1. The minimum absolute atomic E-state index is 0.0237. The summed E-state index contributed by atoms with van der Waals surface area (Å²) in [5.74, 6) is -0.846. The second-order valence-corrected chi connectivity index (χ2v) is 7.29. The molecular formula is C22H15BrFN3O3. The molecule has 4 rings (SSSR count). The number of carbonyl (C=O) groups is 1. The molecule has 4 aromatic rings. The maximum atomic E-state index is 13.1. The molecule has 0 aliphatic rings. The molecule has 0 bridgehead atoms. The first kappa shape index (κ1) is 19.7. The number of benzene rings is 3. The van der Waals surface area contributed by atoms with Crippen molar-refractivity contribution in [2.24, 2.45) is 5.10 Å². The summed E-state index contributed by atoms with van der Waals surface area (Å²) in [6.07, 6.45) is 0. The Balaban J connectivity index is 1.75. The maximum absolute atomic E-state index is 13.1. The van der Waals surface area contributed by atoms with Crippen molar-refractivity contribution in [1.82, 2.24) is 0 Å². The third-order valence-electron chi connectivity index (χ3n) is 4.21. The number of fused-ring (bicyclic) bond motifs is 1. The minimum atomic E-state index is -0.475. The van der Waals surface area contributed by atoms with Gasteiger partial charge in [0.15, 0.2) is 0 Å². The predicted octanol–water partition coefficient (Wildman–Crippen LogP) is 5.22. The zero-order valence-corrected chi connectivity index (χ0v) is 17.0. The Morgan fingerprint density at radius 1 is 0.967 bits per heavy atom. The summed E-state index contributed by atoms with van der Waals surface area (Å²) in [5.41, 5.74) is 4.53. The van der Waals surface area contributed by atoms with Crippen molar-refractivity contribution in [2.75, 3.05) is 10.7 Å². The van der Waals surface area contributed by atoms with Crippen molar-refractivity contribution in [1.29, 1.82) is 0 Å². The van der Waals surface area contributed by atoms with E-state index in [0.717, 1.165) is 4.47 Å². The standard InChI is InChI=1S/C22H15BrFN3O3/c23-14-2-6-17(7-3-14)26-27-22-19(11-13-1-10-18(28)12-20(13)30-22)21(29)25-16-8-4-15(24)5-9-16/h1-12,26,28H,(H,25,29)/b27-22-. The number of anilines is 2. The van der Waals surface area contributed by atoms with Crippen LogP contribution in [-0.4, -0.2) is 11.0 Å². The fourth-order valence-corrected chi connectivity index (χ4v) is 2.99. The molecule has 0 aliphatic heterocycles. The van der Waals surface area contributed by atoms with Crippen LogP contribution in [0.4, 0.5) is 15.8 Å². The van der Waals surface area contributed by atoms with Gasteiger partial charge in [0.05, 0.1) is 5.69 Å². The second-order valence-electron chi connectivity index (χ2n) is 6.38. The molecular weight excluding hydrogens is 453 g/mol. The zero-order chi connectivity index (χ0) is 21.1. The number of hydrogen-bond donors (Lipinski definition) is 3. The molecule has 30 heavy (non-hydrogen) atoms. The van der Waals surface area contributed by atoms with Crippen molar-refractivity contribution >= 4 is 44.2 Å². The smallest absolute Gasteiger partial charge is 0.261 e. The highest BCUT2D eigenvalue weighted by Gasteiger charge is 2.14. The Morgan fingerprint density at radius 3 is 2.40 bits per heavy atom. The Morgan fingerprint density at radius 2 is 1.67 bits per heavy atom. The van der Waals surface area contributed by atoms with Crippen LogP contribution in [0.2, 0.25) is 0 Å². The van der Waals surface area contributed by atoms with Crippen LogP contribution in [0.3, 0.4) is 0 Å². The Bertz CT molecular complexity index is 1290. The molecule has 3 aromatic carbocycles. The molecule has 0 spiro atoms. The van der Waals surface area contributed by atoms with Gasteiger partial charge in [-0.15, -0.1) is 5.10 Å². The molecule has 0 saturated heterocycles. The number of nitrogens with zero attached hydrogens (tertiary/aromatic N) is 1. The summed E-state index contributed by atoms with van der Waals surface area (Å²) < 4.78 is 19.8. The normalized spacial score (nSPS) is 11.5. The summed E-state index contributed by atoms with van der Waals surface area (Å²) >= 11 is 3.37. The van der Waals surface area contributed by atoms with E-state index in [4.69, 9.17) is 4.42 Å². The molecule has 3 N–H and O–H groups in total. The molecule has 6 nitrogen and oxygen atoms in total. The van der Waals surface area contributed by atoms with Gasteiger partial charge in [-0.05, 0) is 66.7 Å². The maximum Gasteiger partial charge on any atom is 0.261 e. The van der Waals surface area contributed by atoms with Crippen molar-refractivity contribution < 1.29 is 18.7 Å². The monoisotopic (exact) mass is 467 g/mol. The number of phenolic OH excluding ortho intramolecular Hbond substituents is 1. The van der Waals surface area contributed by atoms with Gasteiger partial charge in [-0.25, -0.2) is 4.39 Å². The first-order valence-electron chi connectivity index (χ1n) is 8.87. The summed E-state index contributed by atoms with van der Waals surface area (Å²) in [6.45, 7) is 0. The summed E-state index contributed by atoms with van der Waals surface area (Å²) in [6, 6.07) is 18.9. The van der Waals surface area contributed by atoms with Gasteiger partial charge in [0.25, 0.3) is 5.91 Å². The molecule has 0 atom stereocenters. The molecule has 0 radical (unpaired) electrons. The highest BCUT2D eigenvalue weighted by molar-refractivity contribution is 9.10. The molecule has 1 aromatic heterocycles. The third kappa shape index (κ3) is 4.49. The van der Waals surface area contributed by atoms with E-state index < -0.39 is 11.7 Å². The van der Waals surface area contributed by atoms with E-state index in [0.29, 0.717) is 22.3 Å². The SMILES string of the molecule is O=C(Nc1ccc(F)cc1)c1cc2ccc(O)cc2o/c1=N\Nc1ccc(Br)cc1. The van der Waals surface area contributed by atoms with Crippen LogP contribution in [0.1, 0.15) is 10.4 Å². The molecule has 8 heteroatoms. The first-order valence-corrected chi connectivity index (χ1v) is 9.66. The van der Waals surface area contributed by atoms with E-state index in [1.165, 1.54) is 36.4 Å². The molecule has 0 aliphatic carbocycles. The van der Waals surface area contributed by atoms with Crippen LogP contribution in [0.5, 0.6) is 5.75 Å². The number of halogens is 2. The van der Waals surface area contributed by atoms with Crippen LogP contribution in [0.15, 0.2) is 86.8 Å². The number of nitrogens with one attached hydrogen (secondary N) is 2. The molecule has 1 heterocycles. The molecule has 0 saturated carbocycles. The summed E-state index contributed by atoms with van der Waals surface area (Å²) in [7, 11) is 0. The van der Waals surface area contributed by atoms with Gasteiger partial charge in [-0.3, -0.25) is 10.2 Å². The van der Waals surface area contributed by atoms with Gasteiger partial charge in [0, 0.05) is 21.6 Å². The lowest BCUT2D eigenvalue weighted by molar-refractivity contribution is 0.102. The third-order valence-corrected chi connectivity index (χ3v) is 4.74. The Kier molecular flexibility index (Phi) is 5.49. The summed E-state index contributed by atoms with van der Waals surface area (Å²) in [4.78, 5) is 12.9. The van der Waals surface area contributed by atoms with Gasteiger partial charge in [-0.2, -0.15) is 0 Å². The predicted molar refractivity (Wildman–Crippen MR) is 116 cm³/mol. The number of hydrogen-bond acceptors (Lipinski definition) is 5. The largest absolute Gasteiger partial charge is 0.508 e. The Labute approximate surface area is 178 Å². The van der Waals surface area contributed by atoms with Gasteiger partial charge >= 0.3 is 0 Å². The van der Waals surface area contributed by atoms with E-state index in [-0.39, 0.29) is 16.9 Å². The molecule has 0 fully saturated rings. The van der Waals surface area contributed by atoms with Crippen molar-refractivity contribution in [3.63, 3.8) is 0 Å². The highest BCUT2D eigenvalue weighted by Crippen LogP contribution is 2.20. The number of rotatable bonds is 4. The number of phenols is 1. The first-order chi connectivity index (χ1) is 14.5. The van der Waals surface area contributed by atoms with E-state index in [2.05, 4.69) is 31.8 Å². The average molecular weight is 468 g/mol. The van der Waals surface area contributed by atoms with Crippen LogP contribution >= 0.6 is 15.9 Å². The molecule has 1 amide bonds. The lowest BCUT2D eigenvalue weighted by Crippen LogP contribution is -2.22. The van der Waals surface area contributed by atoms with Crippen LogP contribution in [0, 0.1) is 5.82 Å². The Hall–Kier alpha value is -3.65. The summed E-state index contributed by atoms with van der Waals surface area (Å²) in [5, 5.41) is 17.3. The fraction of sp³-hybridized carbons (Fsp3) is 0. The second kappa shape index (κ2) is 8.38. The van der Waals surface area contributed by atoms with Crippen LogP contribution < -0.4 is 16.3 Å². The lowest BCUT2D eigenvalue weighted by Gasteiger charge is -2.08. The van der Waals surface area contributed by atoms with Gasteiger partial charge in [0.1, 0.15) is 22.7 Å². The zero-order valence-electron chi connectivity index (χ0n) is 15.4. The highest BCUT2D eigenvalue weighted by atomic mass is 79.9. The van der Waals surface area contributed by atoms with E-state index in [1.54, 1.807) is 24.3 Å². The van der Waals surface area contributed by atoms with Crippen molar-refractivity contribution in [3.8, 4) is 5.75 Å². The quantitative estimate of drug-likeness (QED) is 0.359. The van der Waals surface area contributed by atoms with Gasteiger partial charge in [0.2, 0.25) is 5.55 Å². The van der Waals surface area contributed by atoms with Crippen LogP contribution in [0.25, 0.3) is 11.0 Å². The van der Waals surface area contributed by atoms with Crippen molar-refractivity contribution in [2.45, 2.75) is 0 Å². The van der Waals surface area contributed by atoms with Gasteiger partial charge < -0.3 is 14.8 Å². The lowest BCUT2D eigenvalue weighted by atomic mass is 10.1. The topological polar surface area (TPSA) is 86.9 Å². The minimum Gasteiger partial charge on any atom is -0.508 e. The number of amides is 1. The van der Waals surface area contributed by atoms with E-state index in [1.807, 2.05) is 12.1 Å². The molecule has 150 valence electrons. The van der Waals surface area contributed by atoms with Crippen molar-refractivity contribution in [3.05, 3.63) is 94.2 Å². The van der Waals surface area contributed by atoms with E-state index in [9.17, 15) is 14.3 Å². The molecule has 0 unspecified atom stereocenters. The van der Waals surface area contributed by atoms with Gasteiger partial charge in [-0.1, -0.05) is 15.9 Å². The van der Waals surface area contributed by atoms with E-state index >= 15 is 0 Å². The average Bonchev–Trinajstić information content (AvgIpc) is 2.74. The number of aromatic hydroxyl groups is 1. The fourth-order valence-electron chi connectivity index (χ4n) is 2.72. The van der Waals surface area contributed by atoms with Crippen LogP contribution in [-0.2, 0) is 0 Å².